The van der Waals surface area contributed by atoms with E-state index in [1.807, 2.05) is 0 Å². The lowest BCUT2D eigenvalue weighted by atomic mass is 10.2. The van der Waals surface area contributed by atoms with Crippen LogP contribution in [-0.2, 0) is 0 Å². The summed E-state index contributed by atoms with van der Waals surface area (Å²) in [5.41, 5.74) is -0.132. The minimum atomic E-state index is -1.15. The highest BCUT2D eigenvalue weighted by Gasteiger charge is 2.21. The first-order valence-corrected chi connectivity index (χ1v) is 6.25. The first-order chi connectivity index (χ1) is 8.49. The number of rotatable bonds is 5. The summed E-state index contributed by atoms with van der Waals surface area (Å²) >= 11 is 0.998. The van der Waals surface area contributed by atoms with Crippen molar-refractivity contribution in [3.63, 3.8) is 0 Å². The number of aromatic carboxylic acids is 1. The van der Waals surface area contributed by atoms with Crippen molar-refractivity contribution in [2.24, 2.45) is 5.92 Å². The van der Waals surface area contributed by atoms with Crippen molar-refractivity contribution in [2.75, 3.05) is 13.1 Å². The topological polar surface area (TPSA) is 94.3 Å². The SMILES string of the molecule is CCN(CC(C)C#N)C(=O)c1nc(C(=O)O)cs1. The minimum absolute atomic E-state index is 0.132. The Morgan fingerprint density at radius 2 is 2.33 bits per heavy atom. The Morgan fingerprint density at radius 1 is 1.67 bits per heavy atom. The Labute approximate surface area is 108 Å². The number of carboxylic acids is 1. The third kappa shape index (κ3) is 3.28. The van der Waals surface area contributed by atoms with Crippen LogP contribution in [0.2, 0.25) is 0 Å². The molecule has 1 amide bonds. The Morgan fingerprint density at radius 3 is 2.78 bits per heavy atom. The fraction of sp³-hybridized carbons (Fsp3) is 0.455. The van der Waals surface area contributed by atoms with E-state index in [0.717, 1.165) is 11.3 Å². The van der Waals surface area contributed by atoms with Gasteiger partial charge in [-0.05, 0) is 13.8 Å². The van der Waals surface area contributed by atoms with E-state index in [1.165, 1.54) is 10.3 Å². The first kappa shape index (κ1) is 14.1. The molecule has 1 atom stereocenters. The van der Waals surface area contributed by atoms with E-state index in [1.54, 1.807) is 13.8 Å². The largest absolute Gasteiger partial charge is 0.476 e. The molecule has 0 spiro atoms. The van der Waals surface area contributed by atoms with Crippen LogP contribution in [0.4, 0.5) is 0 Å². The molecule has 0 bridgehead atoms. The Kier molecular flexibility index (Phi) is 4.80. The molecule has 1 N–H and O–H groups in total. The molecule has 1 rings (SSSR count). The predicted octanol–water partition coefficient (Wildman–Crippen LogP) is 1.46. The van der Waals surface area contributed by atoms with Crippen LogP contribution >= 0.6 is 11.3 Å². The summed E-state index contributed by atoms with van der Waals surface area (Å²) in [7, 11) is 0. The molecule has 0 aliphatic rings. The number of nitriles is 1. The summed E-state index contributed by atoms with van der Waals surface area (Å²) in [6.07, 6.45) is 0. The Hall–Kier alpha value is -1.94. The average molecular weight is 267 g/mol. The van der Waals surface area contributed by atoms with E-state index < -0.39 is 5.97 Å². The van der Waals surface area contributed by atoms with E-state index in [0.29, 0.717) is 13.1 Å². The quantitative estimate of drug-likeness (QED) is 0.871. The summed E-state index contributed by atoms with van der Waals surface area (Å²) in [4.78, 5) is 28.0. The van der Waals surface area contributed by atoms with Gasteiger partial charge >= 0.3 is 5.97 Å². The molecule has 0 aliphatic carbocycles. The average Bonchev–Trinajstić information content (AvgIpc) is 2.84. The number of thiazole rings is 1. The predicted molar refractivity (Wildman–Crippen MR) is 65.4 cm³/mol. The number of carbonyl (C=O) groups excluding carboxylic acids is 1. The van der Waals surface area contributed by atoms with Gasteiger partial charge < -0.3 is 10.0 Å². The van der Waals surface area contributed by atoms with Gasteiger partial charge in [0.15, 0.2) is 10.7 Å². The monoisotopic (exact) mass is 267 g/mol. The van der Waals surface area contributed by atoms with Crippen molar-refractivity contribution < 1.29 is 14.7 Å². The zero-order valence-electron chi connectivity index (χ0n) is 10.1. The second-order valence-electron chi connectivity index (χ2n) is 3.72. The van der Waals surface area contributed by atoms with Crippen molar-refractivity contribution >= 4 is 23.2 Å². The molecule has 0 saturated heterocycles. The number of hydrogen-bond acceptors (Lipinski definition) is 5. The highest BCUT2D eigenvalue weighted by Crippen LogP contribution is 2.13. The number of amides is 1. The Balaban J connectivity index is 2.83. The van der Waals surface area contributed by atoms with E-state index in [2.05, 4.69) is 11.1 Å². The van der Waals surface area contributed by atoms with Crippen LogP contribution in [-0.4, -0.2) is 40.0 Å². The smallest absolute Gasteiger partial charge is 0.355 e. The van der Waals surface area contributed by atoms with Crippen LogP contribution in [0, 0.1) is 17.2 Å². The summed E-state index contributed by atoms with van der Waals surface area (Å²) < 4.78 is 0. The number of aromatic nitrogens is 1. The maximum absolute atomic E-state index is 12.0. The van der Waals surface area contributed by atoms with Crippen LogP contribution in [0.3, 0.4) is 0 Å². The van der Waals surface area contributed by atoms with Crippen molar-refractivity contribution in [3.05, 3.63) is 16.1 Å². The van der Waals surface area contributed by atoms with Gasteiger partial charge in [0.25, 0.3) is 5.91 Å². The molecule has 0 saturated carbocycles. The van der Waals surface area contributed by atoms with Crippen LogP contribution in [0.15, 0.2) is 5.38 Å². The first-order valence-electron chi connectivity index (χ1n) is 5.37. The van der Waals surface area contributed by atoms with Crippen LogP contribution in [0.25, 0.3) is 0 Å². The van der Waals surface area contributed by atoms with Crippen LogP contribution in [0.1, 0.15) is 34.1 Å². The molecule has 0 fully saturated rings. The molecule has 1 aromatic heterocycles. The fourth-order valence-electron chi connectivity index (χ4n) is 1.33. The summed E-state index contributed by atoms with van der Waals surface area (Å²) in [5.74, 6) is -1.76. The molecule has 0 aromatic carbocycles. The lowest BCUT2D eigenvalue weighted by Crippen LogP contribution is -2.34. The summed E-state index contributed by atoms with van der Waals surface area (Å²) in [6.45, 7) is 4.29. The lowest BCUT2D eigenvalue weighted by molar-refractivity contribution is 0.0691. The molecular formula is C11H13N3O3S. The van der Waals surface area contributed by atoms with E-state index in [-0.39, 0.29) is 22.5 Å². The van der Waals surface area contributed by atoms with Crippen molar-refractivity contribution in [1.82, 2.24) is 9.88 Å². The number of carboxylic acid groups (broad SMARTS) is 1. The molecule has 0 aliphatic heterocycles. The summed E-state index contributed by atoms with van der Waals surface area (Å²) in [5, 5.41) is 18.9. The summed E-state index contributed by atoms with van der Waals surface area (Å²) in [6, 6.07) is 2.05. The normalized spacial score (nSPS) is 11.6. The Bertz CT molecular complexity index is 492. The van der Waals surface area contributed by atoms with Crippen LogP contribution < -0.4 is 0 Å². The van der Waals surface area contributed by atoms with Gasteiger partial charge in [0.05, 0.1) is 12.0 Å². The molecule has 1 aromatic rings. The molecule has 1 heterocycles. The second kappa shape index (κ2) is 6.12. The molecule has 6 nitrogen and oxygen atoms in total. The molecule has 18 heavy (non-hydrogen) atoms. The maximum Gasteiger partial charge on any atom is 0.355 e. The van der Waals surface area contributed by atoms with Crippen molar-refractivity contribution in [1.29, 1.82) is 5.26 Å². The van der Waals surface area contributed by atoms with Crippen LogP contribution in [0.5, 0.6) is 0 Å². The van der Waals surface area contributed by atoms with Gasteiger partial charge in [0.2, 0.25) is 0 Å². The highest BCUT2D eigenvalue weighted by molar-refractivity contribution is 7.11. The van der Waals surface area contributed by atoms with E-state index in [9.17, 15) is 9.59 Å². The van der Waals surface area contributed by atoms with Gasteiger partial charge in [-0.1, -0.05) is 0 Å². The lowest BCUT2D eigenvalue weighted by Gasteiger charge is -2.20. The second-order valence-corrected chi connectivity index (χ2v) is 4.58. The highest BCUT2D eigenvalue weighted by atomic mass is 32.1. The standard InChI is InChI=1S/C11H13N3O3S/c1-3-14(5-7(2)4-12)10(15)9-13-8(6-18-9)11(16)17/h6-7H,3,5H2,1-2H3,(H,16,17). The van der Waals surface area contributed by atoms with Crippen molar-refractivity contribution in [3.8, 4) is 6.07 Å². The van der Waals surface area contributed by atoms with Gasteiger partial charge in [0.1, 0.15) is 0 Å². The van der Waals surface area contributed by atoms with Crippen molar-refractivity contribution in [2.45, 2.75) is 13.8 Å². The number of hydrogen-bond donors (Lipinski definition) is 1. The van der Waals surface area contributed by atoms with E-state index >= 15 is 0 Å². The minimum Gasteiger partial charge on any atom is -0.476 e. The molecule has 96 valence electrons. The zero-order chi connectivity index (χ0) is 13.7. The number of carbonyl (C=O) groups is 2. The van der Waals surface area contributed by atoms with Gasteiger partial charge in [-0.2, -0.15) is 5.26 Å². The molecular weight excluding hydrogens is 254 g/mol. The third-order valence-electron chi connectivity index (χ3n) is 2.29. The molecule has 0 radical (unpaired) electrons. The maximum atomic E-state index is 12.0. The zero-order valence-corrected chi connectivity index (χ0v) is 10.9. The van der Waals surface area contributed by atoms with Gasteiger partial charge in [0, 0.05) is 18.5 Å². The number of nitrogens with zero attached hydrogens (tertiary/aromatic N) is 3. The fourth-order valence-corrected chi connectivity index (χ4v) is 2.09. The molecule has 1 unspecified atom stereocenters. The molecule has 7 heteroatoms. The third-order valence-corrected chi connectivity index (χ3v) is 3.12. The van der Waals surface area contributed by atoms with E-state index in [4.69, 9.17) is 10.4 Å². The van der Waals surface area contributed by atoms with Gasteiger partial charge in [-0.15, -0.1) is 11.3 Å². The van der Waals surface area contributed by atoms with Gasteiger partial charge in [-0.25, -0.2) is 9.78 Å². The van der Waals surface area contributed by atoms with Gasteiger partial charge in [-0.3, -0.25) is 4.79 Å².